The smallest absolute Gasteiger partial charge is 0.275 e. The molecule has 5 nitrogen and oxygen atoms in total. The van der Waals surface area contributed by atoms with Gasteiger partial charge in [0.25, 0.3) is 5.56 Å². The van der Waals surface area contributed by atoms with Gasteiger partial charge in [-0.25, -0.2) is 4.68 Å². The Morgan fingerprint density at radius 2 is 2.05 bits per heavy atom. The van der Waals surface area contributed by atoms with Crippen LogP contribution in [0.25, 0.3) is 10.8 Å². The van der Waals surface area contributed by atoms with Gasteiger partial charge in [-0.1, -0.05) is 25.1 Å². The number of carbonyl (C=O) groups excluding carboxylic acids is 1. The first-order chi connectivity index (χ1) is 9.69. The van der Waals surface area contributed by atoms with E-state index >= 15 is 0 Å². The predicted molar refractivity (Wildman–Crippen MR) is 76.5 cm³/mol. The maximum Gasteiger partial charge on any atom is 0.275 e. The number of hydrogen-bond acceptors (Lipinski definition) is 3. The number of carbonyl (C=O) groups is 1. The lowest BCUT2D eigenvalue weighted by atomic mass is 10.1. The van der Waals surface area contributed by atoms with Gasteiger partial charge >= 0.3 is 0 Å². The maximum atomic E-state index is 12.4. The third-order valence-corrected chi connectivity index (χ3v) is 3.51. The summed E-state index contributed by atoms with van der Waals surface area (Å²) in [5, 5.41) is 8.70. The van der Waals surface area contributed by atoms with Gasteiger partial charge in [0.05, 0.1) is 11.1 Å². The minimum absolute atomic E-state index is 0.00678. The highest BCUT2D eigenvalue weighted by Crippen LogP contribution is 2.18. The average Bonchev–Trinajstić information content (AvgIpc) is 3.26. The van der Waals surface area contributed by atoms with Crippen LogP contribution in [-0.2, 0) is 17.8 Å². The van der Waals surface area contributed by atoms with Gasteiger partial charge in [-0.3, -0.25) is 9.59 Å². The number of nitrogens with one attached hydrogen (secondary N) is 1. The fourth-order valence-corrected chi connectivity index (χ4v) is 2.31. The zero-order valence-corrected chi connectivity index (χ0v) is 11.4. The summed E-state index contributed by atoms with van der Waals surface area (Å²) >= 11 is 0. The van der Waals surface area contributed by atoms with Crippen LogP contribution in [0.15, 0.2) is 29.1 Å². The lowest BCUT2D eigenvalue weighted by Crippen LogP contribution is -2.35. The van der Waals surface area contributed by atoms with Gasteiger partial charge in [-0.05, 0) is 25.3 Å². The second-order valence-electron chi connectivity index (χ2n) is 5.15. The van der Waals surface area contributed by atoms with Gasteiger partial charge in [-0.15, -0.1) is 0 Å². The molecule has 0 unspecified atom stereocenters. The lowest BCUT2D eigenvalue weighted by molar-refractivity contribution is -0.122. The number of benzene rings is 1. The van der Waals surface area contributed by atoms with Crippen molar-refractivity contribution in [1.29, 1.82) is 0 Å². The van der Waals surface area contributed by atoms with Crippen molar-refractivity contribution < 1.29 is 4.79 Å². The van der Waals surface area contributed by atoms with Crippen molar-refractivity contribution in [3.8, 4) is 0 Å². The largest absolute Gasteiger partial charge is 0.352 e. The van der Waals surface area contributed by atoms with E-state index in [1.165, 1.54) is 4.68 Å². The normalized spacial score (nSPS) is 14.4. The molecule has 0 radical (unpaired) electrons. The number of nitrogens with zero attached hydrogens (tertiary/aromatic N) is 2. The molecular formula is C15H17N3O2. The topological polar surface area (TPSA) is 64.0 Å². The van der Waals surface area contributed by atoms with Gasteiger partial charge < -0.3 is 5.32 Å². The minimum atomic E-state index is -0.205. The number of rotatable bonds is 4. The highest BCUT2D eigenvalue weighted by molar-refractivity contribution is 5.84. The second-order valence-corrected chi connectivity index (χ2v) is 5.15. The predicted octanol–water partition coefficient (Wildman–Crippen LogP) is 1.24. The third-order valence-electron chi connectivity index (χ3n) is 3.51. The summed E-state index contributed by atoms with van der Waals surface area (Å²) in [6, 6.07) is 7.71. The number of aryl methyl sites for hydroxylation is 1. The summed E-state index contributed by atoms with van der Waals surface area (Å²) in [5.41, 5.74) is 0.642. The molecule has 104 valence electrons. The Bertz CT molecular complexity index is 717. The molecule has 0 saturated heterocycles. The van der Waals surface area contributed by atoms with Crippen molar-refractivity contribution in [2.45, 2.75) is 38.8 Å². The second kappa shape index (κ2) is 5.07. The highest BCUT2D eigenvalue weighted by atomic mass is 16.2. The van der Waals surface area contributed by atoms with Crippen molar-refractivity contribution in [3.63, 3.8) is 0 Å². The molecule has 20 heavy (non-hydrogen) atoms. The molecule has 0 atom stereocenters. The van der Waals surface area contributed by atoms with E-state index in [1.807, 2.05) is 25.1 Å². The molecule has 0 bridgehead atoms. The molecule has 1 amide bonds. The molecule has 2 aromatic rings. The Hall–Kier alpha value is -2.17. The Morgan fingerprint density at radius 1 is 1.35 bits per heavy atom. The molecule has 0 aliphatic heterocycles. The Labute approximate surface area is 116 Å². The molecule has 1 heterocycles. The first-order valence-corrected chi connectivity index (χ1v) is 6.97. The van der Waals surface area contributed by atoms with Crippen LogP contribution < -0.4 is 10.9 Å². The summed E-state index contributed by atoms with van der Waals surface area (Å²) < 4.78 is 1.28. The van der Waals surface area contributed by atoms with E-state index in [4.69, 9.17) is 0 Å². The lowest BCUT2D eigenvalue weighted by Gasteiger charge is -2.10. The van der Waals surface area contributed by atoms with Crippen molar-refractivity contribution in [2.75, 3.05) is 0 Å². The molecule has 3 rings (SSSR count). The molecule has 1 aliphatic rings. The van der Waals surface area contributed by atoms with E-state index in [9.17, 15) is 9.59 Å². The van der Waals surface area contributed by atoms with Crippen LogP contribution in [0.4, 0.5) is 0 Å². The van der Waals surface area contributed by atoms with Crippen LogP contribution in [0.1, 0.15) is 25.5 Å². The number of fused-ring (bicyclic) bond motifs is 1. The van der Waals surface area contributed by atoms with Crippen LogP contribution in [-0.4, -0.2) is 21.7 Å². The van der Waals surface area contributed by atoms with E-state index in [-0.39, 0.29) is 18.0 Å². The average molecular weight is 271 g/mol. The number of aromatic nitrogens is 2. The molecule has 1 aromatic carbocycles. The molecule has 1 N–H and O–H groups in total. The van der Waals surface area contributed by atoms with Crippen molar-refractivity contribution in [1.82, 2.24) is 15.1 Å². The summed E-state index contributed by atoms with van der Waals surface area (Å²) in [6.45, 7) is 1.99. The van der Waals surface area contributed by atoms with Crippen LogP contribution in [0.5, 0.6) is 0 Å². The molecule has 0 spiro atoms. The molecule has 5 heteroatoms. The van der Waals surface area contributed by atoms with Gasteiger partial charge in [-0.2, -0.15) is 5.10 Å². The van der Waals surface area contributed by atoms with E-state index in [2.05, 4.69) is 10.4 Å². The van der Waals surface area contributed by atoms with Crippen LogP contribution in [0.2, 0.25) is 0 Å². The summed E-state index contributed by atoms with van der Waals surface area (Å²) in [6.07, 6.45) is 2.79. The van der Waals surface area contributed by atoms with Crippen molar-refractivity contribution in [3.05, 3.63) is 40.3 Å². The SMILES string of the molecule is CCc1nn(CC(=O)NC2CC2)c(=O)c2ccccc12. The van der Waals surface area contributed by atoms with Crippen LogP contribution >= 0.6 is 0 Å². The summed E-state index contributed by atoms with van der Waals surface area (Å²) in [5.74, 6) is -0.139. The van der Waals surface area contributed by atoms with Crippen molar-refractivity contribution in [2.24, 2.45) is 0 Å². The quantitative estimate of drug-likeness (QED) is 0.910. The first-order valence-electron chi connectivity index (χ1n) is 6.97. The van der Waals surface area contributed by atoms with Crippen molar-refractivity contribution >= 4 is 16.7 Å². The third kappa shape index (κ3) is 2.43. The summed E-state index contributed by atoms with van der Waals surface area (Å²) in [7, 11) is 0. The molecule has 1 aromatic heterocycles. The Kier molecular flexibility index (Phi) is 3.26. The standard InChI is InChI=1S/C15H17N3O2/c1-2-13-11-5-3-4-6-12(11)15(20)18(17-13)9-14(19)16-10-7-8-10/h3-6,10H,2,7-9H2,1H3,(H,16,19). The first kappa shape index (κ1) is 12.8. The van der Waals surface area contributed by atoms with E-state index in [0.717, 1.165) is 30.3 Å². The van der Waals surface area contributed by atoms with Gasteiger partial charge in [0.1, 0.15) is 6.54 Å². The van der Waals surface area contributed by atoms with Gasteiger partial charge in [0.15, 0.2) is 0 Å². The zero-order valence-electron chi connectivity index (χ0n) is 11.4. The van der Waals surface area contributed by atoms with Gasteiger partial charge in [0.2, 0.25) is 5.91 Å². The Balaban J connectivity index is 1.99. The molecule has 1 aliphatic carbocycles. The minimum Gasteiger partial charge on any atom is -0.352 e. The fourth-order valence-electron chi connectivity index (χ4n) is 2.31. The van der Waals surface area contributed by atoms with Crippen LogP contribution in [0, 0.1) is 0 Å². The Morgan fingerprint density at radius 3 is 2.70 bits per heavy atom. The van der Waals surface area contributed by atoms with E-state index in [1.54, 1.807) is 6.07 Å². The zero-order chi connectivity index (χ0) is 14.1. The summed E-state index contributed by atoms with van der Waals surface area (Å²) in [4.78, 5) is 24.2. The molecular weight excluding hydrogens is 254 g/mol. The number of amides is 1. The highest BCUT2D eigenvalue weighted by Gasteiger charge is 2.23. The number of hydrogen-bond donors (Lipinski definition) is 1. The molecule has 1 saturated carbocycles. The van der Waals surface area contributed by atoms with Gasteiger partial charge in [0, 0.05) is 11.4 Å². The fraction of sp³-hybridized carbons (Fsp3) is 0.400. The monoisotopic (exact) mass is 271 g/mol. The van der Waals surface area contributed by atoms with Crippen LogP contribution in [0.3, 0.4) is 0 Å². The van der Waals surface area contributed by atoms with E-state index in [0.29, 0.717) is 11.4 Å². The maximum absolute atomic E-state index is 12.4. The molecule has 1 fully saturated rings. The van der Waals surface area contributed by atoms with E-state index < -0.39 is 0 Å².